The van der Waals surface area contributed by atoms with Gasteiger partial charge in [0.25, 0.3) is 5.91 Å². The fourth-order valence-corrected chi connectivity index (χ4v) is 2.30. The zero-order valence-corrected chi connectivity index (χ0v) is 17.3. The number of carbonyl (C=O) groups excluding carboxylic acids is 4. The maximum atomic E-state index is 12.3. The fourth-order valence-electron chi connectivity index (χ4n) is 2.30. The Hall–Kier alpha value is -3.10. The third-order valence-corrected chi connectivity index (χ3v) is 3.90. The third-order valence-electron chi connectivity index (χ3n) is 3.90. The van der Waals surface area contributed by atoms with Gasteiger partial charge in [-0.1, -0.05) is 39.0 Å². The number of nitrogens with one attached hydrogen (secondary N) is 4. The smallest absolute Gasteiger partial charge is 0.329 e. The molecule has 9 nitrogen and oxygen atoms in total. The number of benzene rings is 1. The molecule has 0 spiro atoms. The molecule has 1 aromatic carbocycles. The molecule has 0 radical (unpaired) electrons. The van der Waals surface area contributed by atoms with Crippen LogP contribution < -0.4 is 21.3 Å². The molecule has 4 N–H and O–H groups in total. The van der Waals surface area contributed by atoms with Crippen molar-refractivity contribution in [2.24, 2.45) is 5.92 Å². The lowest BCUT2D eigenvalue weighted by molar-refractivity contribution is -0.151. The number of amides is 4. The van der Waals surface area contributed by atoms with Gasteiger partial charge < -0.3 is 26.0 Å². The van der Waals surface area contributed by atoms with Gasteiger partial charge in [0.2, 0.25) is 5.91 Å². The predicted molar refractivity (Wildman–Crippen MR) is 109 cm³/mol. The van der Waals surface area contributed by atoms with E-state index in [-0.39, 0.29) is 11.8 Å². The lowest BCUT2D eigenvalue weighted by Crippen LogP contribution is -2.49. The number of rotatable bonds is 10. The molecule has 9 heteroatoms. The molecule has 0 aliphatic carbocycles. The second-order valence-electron chi connectivity index (χ2n) is 6.87. The topological polar surface area (TPSA) is 126 Å². The monoisotopic (exact) mass is 406 g/mol. The average molecular weight is 406 g/mol. The van der Waals surface area contributed by atoms with E-state index in [0.29, 0.717) is 12.2 Å². The van der Waals surface area contributed by atoms with Crippen molar-refractivity contribution >= 4 is 29.5 Å². The molecule has 0 fully saturated rings. The predicted octanol–water partition coefficient (Wildman–Crippen LogP) is 1.41. The number of ether oxygens (including phenoxy) is 1. The van der Waals surface area contributed by atoms with Gasteiger partial charge >= 0.3 is 12.0 Å². The molecule has 0 bridgehead atoms. The highest BCUT2D eigenvalue weighted by Crippen LogP contribution is 2.07. The minimum absolute atomic E-state index is 0.258. The van der Waals surface area contributed by atoms with E-state index in [9.17, 15) is 19.2 Å². The zero-order chi connectivity index (χ0) is 21.8. The first kappa shape index (κ1) is 23.9. The van der Waals surface area contributed by atoms with Gasteiger partial charge in [0, 0.05) is 12.2 Å². The second kappa shape index (κ2) is 12.4. The summed E-state index contributed by atoms with van der Waals surface area (Å²) in [6.45, 7) is 6.92. The van der Waals surface area contributed by atoms with Crippen LogP contribution in [0.15, 0.2) is 30.3 Å². The minimum atomic E-state index is -0.934. The van der Waals surface area contributed by atoms with Crippen molar-refractivity contribution < 1.29 is 23.9 Å². The molecule has 2 atom stereocenters. The number of urea groups is 1. The van der Waals surface area contributed by atoms with E-state index in [1.807, 2.05) is 13.0 Å². The maximum Gasteiger partial charge on any atom is 0.329 e. The lowest BCUT2D eigenvalue weighted by Gasteiger charge is -2.21. The van der Waals surface area contributed by atoms with Crippen LogP contribution >= 0.6 is 0 Å². The Morgan fingerprint density at radius 3 is 2.24 bits per heavy atom. The fraction of sp³-hybridized carbons (Fsp3) is 0.500. The molecule has 0 unspecified atom stereocenters. The molecule has 0 aliphatic heterocycles. The Bertz CT molecular complexity index is 693. The number of anilines is 1. The highest BCUT2D eigenvalue weighted by Gasteiger charge is 2.26. The molecule has 1 rings (SSSR count). The Kier molecular flexibility index (Phi) is 10.2. The van der Waals surface area contributed by atoms with E-state index < -0.39 is 36.6 Å². The normalized spacial score (nSPS) is 12.4. The standard InChI is InChI=1S/C20H30N4O5/c1-5-11-21-18(26)14(4)22-16(25)12-29-19(27)17(13(2)3)24-20(28)23-15-9-7-6-8-10-15/h6-10,13-14,17H,5,11-12H2,1-4H3,(H,21,26)(H,22,25)(H2,23,24,28)/t14-,17+/m0/s1. The van der Waals surface area contributed by atoms with E-state index in [1.54, 1.807) is 38.1 Å². The van der Waals surface area contributed by atoms with Crippen LogP contribution in [0.1, 0.15) is 34.1 Å². The van der Waals surface area contributed by atoms with Crippen LogP contribution in [0.25, 0.3) is 0 Å². The first-order valence-electron chi connectivity index (χ1n) is 9.60. The second-order valence-corrected chi connectivity index (χ2v) is 6.87. The summed E-state index contributed by atoms with van der Waals surface area (Å²) in [5, 5.41) is 10.3. The molecular formula is C20H30N4O5. The quantitative estimate of drug-likeness (QED) is 0.437. The van der Waals surface area contributed by atoms with Gasteiger partial charge in [0.15, 0.2) is 6.61 Å². The van der Waals surface area contributed by atoms with Crippen LogP contribution in [-0.4, -0.2) is 49.1 Å². The maximum absolute atomic E-state index is 12.3. The SMILES string of the molecule is CCCNC(=O)[C@H](C)NC(=O)COC(=O)[C@H](NC(=O)Nc1ccccc1)C(C)C. The summed E-state index contributed by atoms with van der Waals surface area (Å²) in [5.41, 5.74) is 0.579. The van der Waals surface area contributed by atoms with Crippen LogP contribution in [0.2, 0.25) is 0 Å². The average Bonchev–Trinajstić information content (AvgIpc) is 2.68. The van der Waals surface area contributed by atoms with E-state index >= 15 is 0 Å². The molecule has 160 valence electrons. The van der Waals surface area contributed by atoms with Gasteiger partial charge in [-0.15, -0.1) is 0 Å². The molecule has 0 heterocycles. The largest absolute Gasteiger partial charge is 0.454 e. The number of hydrogen-bond acceptors (Lipinski definition) is 5. The number of hydrogen-bond donors (Lipinski definition) is 4. The van der Waals surface area contributed by atoms with Gasteiger partial charge in [-0.3, -0.25) is 9.59 Å². The first-order valence-corrected chi connectivity index (χ1v) is 9.60. The molecule has 29 heavy (non-hydrogen) atoms. The van der Waals surface area contributed by atoms with Gasteiger partial charge in [-0.05, 0) is 31.4 Å². The minimum Gasteiger partial charge on any atom is -0.454 e. The Morgan fingerprint density at radius 1 is 1.00 bits per heavy atom. The van der Waals surface area contributed by atoms with Gasteiger partial charge in [-0.2, -0.15) is 0 Å². The summed E-state index contributed by atoms with van der Waals surface area (Å²) in [4.78, 5) is 48.1. The van der Waals surface area contributed by atoms with Gasteiger partial charge in [0.05, 0.1) is 0 Å². The molecule has 4 amide bonds. The summed E-state index contributed by atoms with van der Waals surface area (Å²) in [6.07, 6.45) is 0.783. The summed E-state index contributed by atoms with van der Waals surface area (Å²) >= 11 is 0. The molecule has 0 saturated carbocycles. The van der Waals surface area contributed by atoms with E-state index in [2.05, 4.69) is 21.3 Å². The van der Waals surface area contributed by atoms with Crippen molar-refractivity contribution in [3.05, 3.63) is 30.3 Å². The van der Waals surface area contributed by atoms with Crippen LogP contribution in [0.5, 0.6) is 0 Å². The highest BCUT2D eigenvalue weighted by atomic mass is 16.5. The van der Waals surface area contributed by atoms with E-state index in [0.717, 1.165) is 6.42 Å². The molecule has 1 aromatic rings. The van der Waals surface area contributed by atoms with Crippen molar-refractivity contribution in [2.75, 3.05) is 18.5 Å². The molecule has 0 aromatic heterocycles. The van der Waals surface area contributed by atoms with Crippen LogP contribution in [0, 0.1) is 5.92 Å². The number of carbonyl (C=O) groups is 4. The Labute approximate surface area is 170 Å². The van der Waals surface area contributed by atoms with Crippen molar-refractivity contribution in [2.45, 2.75) is 46.2 Å². The van der Waals surface area contributed by atoms with Gasteiger partial charge in [-0.25, -0.2) is 9.59 Å². The summed E-state index contributed by atoms with van der Waals surface area (Å²) in [7, 11) is 0. The third kappa shape index (κ3) is 9.09. The zero-order valence-electron chi connectivity index (χ0n) is 17.3. The van der Waals surface area contributed by atoms with E-state index in [4.69, 9.17) is 4.74 Å². The summed E-state index contributed by atoms with van der Waals surface area (Å²) in [6, 6.07) is 6.54. The van der Waals surface area contributed by atoms with Crippen LogP contribution in [0.3, 0.4) is 0 Å². The number of esters is 1. The van der Waals surface area contributed by atoms with Gasteiger partial charge in [0.1, 0.15) is 12.1 Å². The van der Waals surface area contributed by atoms with Crippen LogP contribution in [-0.2, 0) is 19.1 Å². The van der Waals surface area contributed by atoms with Crippen LogP contribution in [0.4, 0.5) is 10.5 Å². The summed E-state index contributed by atoms with van der Waals surface area (Å²) < 4.78 is 5.01. The lowest BCUT2D eigenvalue weighted by atomic mass is 10.1. The van der Waals surface area contributed by atoms with Crippen molar-refractivity contribution in [3.63, 3.8) is 0 Å². The van der Waals surface area contributed by atoms with Crippen molar-refractivity contribution in [3.8, 4) is 0 Å². The Morgan fingerprint density at radius 2 is 1.66 bits per heavy atom. The van der Waals surface area contributed by atoms with Crippen molar-refractivity contribution in [1.82, 2.24) is 16.0 Å². The molecular weight excluding hydrogens is 376 g/mol. The highest BCUT2D eigenvalue weighted by molar-refractivity contribution is 5.93. The number of para-hydroxylation sites is 1. The summed E-state index contributed by atoms with van der Waals surface area (Å²) in [5.74, 6) is -1.91. The first-order chi connectivity index (χ1) is 13.7. The van der Waals surface area contributed by atoms with Crippen molar-refractivity contribution in [1.29, 1.82) is 0 Å². The van der Waals surface area contributed by atoms with E-state index in [1.165, 1.54) is 6.92 Å². The molecule has 0 aliphatic rings. The Balaban J connectivity index is 2.50. The molecule has 0 saturated heterocycles.